The molecule has 11 heteroatoms. The fraction of sp³-hybridized carbons (Fsp3) is 0.391. The van der Waals surface area contributed by atoms with E-state index in [1.54, 1.807) is 7.11 Å². The van der Waals surface area contributed by atoms with E-state index in [4.69, 9.17) is 9.29 Å². The molecule has 0 saturated carbocycles. The van der Waals surface area contributed by atoms with Gasteiger partial charge in [0.15, 0.2) is 5.82 Å². The van der Waals surface area contributed by atoms with Gasteiger partial charge in [0.05, 0.1) is 19.1 Å². The van der Waals surface area contributed by atoms with E-state index in [-0.39, 0.29) is 5.91 Å². The zero-order valence-corrected chi connectivity index (χ0v) is 20.6. The maximum atomic E-state index is 13.0. The molecule has 34 heavy (non-hydrogen) atoms. The molecule has 0 aliphatic carbocycles. The van der Waals surface area contributed by atoms with Crippen LogP contribution in [0.3, 0.4) is 0 Å². The van der Waals surface area contributed by atoms with Gasteiger partial charge in [-0.05, 0) is 50.2 Å². The second-order valence-electron chi connectivity index (χ2n) is 8.32. The second kappa shape index (κ2) is 10.7. The fourth-order valence-electron chi connectivity index (χ4n) is 3.72. The monoisotopic (exact) mass is 489 g/mol. The molecule has 3 N–H and O–H groups in total. The number of aromatic nitrogens is 2. The van der Waals surface area contributed by atoms with Crippen LogP contribution in [0.1, 0.15) is 24.3 Å². The van der Waals surface area contributed by atoms with Crippen molar-refractivity contribution in [2.75, 3.05) is 49.8 Å². The van der Waals surface area contributed by atoms with E-state index in [0.29, 0.717) is 31.1 Å². The maximum Gasteiger partial charge on any atom is 0.270 e. The quantitative estimate of drug-likeness (QED) is 0.467. The van der Waals surface area contributed by atoms with Gasteiger partial charge in [0.2, 0.25) is 0 Å². The number of anilines is 2. The van der Waals surface area contributed by atoms with Crippen LogP contribution in [0.5, 0.6) is 5.75 Å². The van der Waals surface area contributed by atoms with E-state index in [1.165, 1.54) is 0 Å². The lowest BCUT2D eigenvalue weighted by Gasteiger charge is -2.36. The number of nitrogens with one attached hydrogen (secondary N) is 2. The Balaban J connectivity index is 0.000000588. The van der Waals surface area contributed by atoms with Crippen LogP contribution in [0.4, 0.5) is 11.5 Å². The highest BCUT2D eigenvalue weighted by Gasteiger charge is 2.25. The highest BCUT2D eigenvalue weighted by Crippen LogP contribution is 2.26. The maximum absolute atomic E-state index is 13.0. The second-order valence-corrected chi connectivity index (χ2v) is 9.79. The molecule has 0 bridgehead atoms. The predicted octanol–water partition coefficient (Wildman–Crippen LogP) is 2.86. The highest BCUT2D eigenvalue weighted by atomic mass is 32.2. The summed E-state index contributed by atoms with van der Waals surface area (Å²) in [5.74, 6) is 1.76. The summed E-state index contributed by atoms with van der Waals surface area (Å²) in [5.41, 5.74) is 2.58. The molecule has 0 unspecified atom stereocenters. The number of carbonyl (C=O) groups excluding carboxylic acids is 1. The Kier molecular flexibility index (Phi) is 8.00. The van der Waals surface area contributed by atoms with E-state index in [9.17, 15) is 13.2 Å². The average Bonchev–Trinajstić information content (AvgIpc) is 3.21. The third-order valence-corrected chi connectivity index (χ3v) is 5.16. The minimum atomic E-state index is -3.67. The number of carbonyl (C=O) groups is 1. The number of nitrogens with zero attached hydrogens (tertiary/aromatic N) is 3. The van der Waals surface area contributed by atoms with Gasteiger partial charge in [0.25, 0.3) is 16.0 Å². The average molecular weight is 490 g/mol. The van der Waals surface area contributed by atoms with Crippen molar-refractivity contribution in [2.24, 2.45) is 0 Å². The molecule has 1 aliphatic heterocycles. The molecular formula is C23H31N5O5S. The number of ether oxygens (including phenoxy) is 1. The molecular weight excluding hydrogens is 458 g/mol. The third kappa shape index (κ3) is 6.84. The van der Waals surface area contributed by atoms with Gasteiger partial charge < -0.3 is 24.8 Å². The van der Waals surface area contributed by atoms with E-state index in [1.807, 2.05) is 41.4 Å². The number of methoxy groups -OCH3 is 1. The number of aromatic amines is 1. The zero-order chi connectivity index (χ0) is 24.9. The largest absolute Gasteiger partial charge is 0.497 e. The Morgan fingerprint density at radius 2 is 1.85 bits per heavy atom. The molecule has 1 aliphatic rings. The minimum absolute atomic E-state index is 0.0290. The topological polar surface area (TPSA) is 128 Å². The summed E-state index contributed by atoms with van der Waals surface area (Å²) in [6, 6.07) is 12.0. The molecule has 1 fully saturated rings. The number of amides is 1. The van der Waals surface area contributed by atoms with Crippen LogP contribution in [0.25, 0.3) is 10.9 Å². The molecule has 4 rings (SSSR count). The molecule has 3 heterocycles. The van der Waals surface area contributed by atoms with Crippen LogP contribution in [-0.2, 0) is 10.1 Å². The van der Waals surface area contributed by atoms with Gasteiger partial charge in [-0.1, -0.05) is 0 Å². The van der Waals surface area contributed by atoms with Crippen molar-refractivity contribution >= 4 is 38.4 Å². The first-order valence-corrected chi connectivity index (χ1v) is 12.7. The van der Waals surface area contributed by atoms with E-state index in [2.05, 4.69) is 40.1 Å². The van der Waals surface area contributed by atoms with E-state index in [0.717, 1.165) is 41.2 Å². The molecule has 0 atom stereocenters. The number of pyridine rings is 1. The standard InChI is InChI=1S/C22H27N5O2.CH4O3S/c1-15(2)24-19-5-4-8-23-21(19)26-9-11-27(12-10-26)22(28)20-14-16-13-17(29-3)6-7-18(16)25-20;1-5(2,3)4/h4-8,13-15,24-25H,9-12H2,1-3H3;1H3,(H,2,3,4). The van der Waals surface area contributed by atoms with E-state index >= 15 is 0 Å². The Labute approximate surface area is 199 Å². The Morgan fingerprint density at radius 3 is 2.47 bits per heavy atom. The SMILES string of the molecule is COc1ccc2[nH]c(C(=O)N3CCN(c4ncccc4NC(C)C)CC3)cc2c1.CS(=O)(=O)O. The smallest absolute Gasteiger partial charge is 0.270 e. The number of piperazine rings is 1. The highest BCUT2D eigenvalue weighted by molar-refractivity contribution is 7.85. The molecule has 10 nitrogen and oxygen atoms in total. The molecule has 0 radical (unpaired) electrons. The van der Waals surface area contributed by atoms with Crippen molar-refractivity contribution in [3.8, 4) is 5.75 Å². The molecule has 2 aromatic heterocycles. The number of hydrogen-bond acceptors (Lipinski definition) is 7. The number of hydrogen-bond donors (Lipinski definition) is 3. The summed E-state index contributed by atoms with van der Waals surface area (Å²) in [7, 11) is -2.02. The van der Waals surface area contributed by atoms with Gasteiger partial charge in [-0.25, -0.2) is 4.98 Å². The van der Waals surface area contributed by atoms with Gasteiger partial charge in [0, 0.05) is 49.3 Å². The van der Waals surface area contributed by atoms with Crippen LogP contribution in [-0.4, -0.2) is 79.3 Å². The van der Waals surface area contributed by atoms with Crippen LogP contribution < -0.4 is 15.0 Å². The van der Waals surface area contributed by atoms with Crippen molar-refractivity contribution in [2.45, 2.75) is 19.9 Å². The summed E-state index contributed by atoms with van der Waals surface area (Å²) >= 11 is 0. The normalized spacial score (nSPS) is 14.1. The van der Waals surface area contributed by atoms with Crippen molar-refractivity contribution in [1.82, 2.24) is 14.9 Å². The van der Waals surface area contributed by atoms with Crippen molar-refractivity contribution in [1.29, 1.82) is 0 Å². The zero-order valence-electron chi connectivity index (χ0n) is 19.8. The third-order valence-electron chi connectivity index (χ3n) is 5.16. The number of fused-ring (bicyclic) bond motifs is 1. The molecule has 3 aromatic rings. The first kappa shape index (κ1) is 25.3. The van der Waals surface area contributed by atoms with Crippen LogP contribution in [0, 0.1) is 0 Å². The van der Waals surface area contributed by atoms with Crippen molar-refractivity contribution in [3.63, 3.8) is 0 Å². The molecule has 184 valence electrons. The first-order chi connectivity index (χ1) is 16.0. The molecule has 1 aromatic carbocycles. The minimum Gasteiger partial charge on any atom is -0.497 e. The van der Waals surface area contributed by atoms with Gasteiger partial charge in [-0.3, -0.25) is 9.35 Å². The first-order valence-electron chi connectivity index (χ1n) is 10.9. The number of H-pyrrole nitrogens is 1. The van der Waals surface area contributed by atoms with E-state index < -0.39 is 10.1 Å². The van der Waals surface area contributed by atoms with Gasteiger partial charge >= 0.3 is 0 Å². The van der Waals surface area contributed by atoms with Gasteiger partial charge in [-0.2, -0.15) is 8.42 Å². The lowest BCUT2D eigenvalue weighted by atomic mass is 10.2. The van der Waals surface area contributed by atoms with Crippen molar-refractivity contribution < 1.29 is 22.5 Å². The molecule has 0 spiro atoms. The molecule has 1 amide bonds. The molecule has 1 saturated heterocycles. The number of benzene rings is 1. The Hall–Kier alpha value is -3.31. The summed E-state index contributed by atoms with van der Waals surface area (Å²) < 4.78 is 31.1. The number of rotatable bonds is 5. The lowest BCUT2D eigenvalue weighted by molar-refractivity contribution is 0.0741. The van der Waals surface area contributed by atoms with Crippen molar-refractivity contribution in [3.05, 3.63) is 48.3 Å². The van der Waals surface area contributed by atoms with Crippen LogP contribution in [0.15, 0.2) is 42.6 Å². The van der Waals surface area contributed by atoms with Gasteiger partial charge in [0.1, 0.15) is 11.4 Å². The van der Waals surface area contributed by atoms with Crippen LogP contribution in [0.2, 0.25) is 0 Å². The van der Waals surface area contributed by atoms with Crippen LogP contribution >= 0.6 is 0 Å². The summed E-state index contributed by atoms with van der Waals surface area (Å²) in [4.78, 5) is 24.9. The predicted molar refractivity (Wildman–Crippen MR) is 133 cm³/mol. The lowest BCUT2D eigenvalue weighted by Crippen LogP contribution is -2.49. The Bertz CT molecular complexity index is 1230. The summed E-state index contributed by atoms with van der Waals surface area (Å²) in [6.07, 6.45) is 2.53. The summed E-state index contributed by atoms with van der Waals surface area (Å²) in [6.45, 7) is 7.06. The fourth-order valence-corrected chi connectivity index (χ4v) is 3.72. The van der Waals surface area contributed by atoms with Gasteiger partial charge in [-0.15, -0.1) is 0 Å². The Morgan fingerprint density at radius 1 is 1.18 bits per heavy atom. The summed E-state index contributed by atoms with van der Waals surface area (Å²) in [5, 5.41) is 4.43.